The molecule has 0 saturated carbocycles. The molecule has 0 radical (unpaired) electrons. The first-order valence-corrected chi connectivity index (χ1v) is 11.4. The van der Waals surface area contributed by atoms with E-state index >= 15 is 0 Å². The number of hydrogen-bond donors (Lipinski definition) is 2. The van der Waals surface area contributed by atoms with Crippen LogP contribution in [-0.2, 0) is 23.8 Å². The summed E-state index contributed by atoms with van der Waals surface area (Å²) in [6.07, 6.45) is 0.772. The van der Waals surface area contributed by atoms with Crippen molar-refractivity contribution in [2.45, 2.75) is 13.3 Å². The number of anilines is 1. The van der Waals surface area contributed by atoms with Gasteiger partial charge < -0.3 is 24.8 Å². The van der Waals surface area contributed by atoms with Crippen LogP contribution in [0.25, 0.3) is 0 Å². The molecule has 12 heteroatoms. The molecule has 0 spiro atoms. The second-order valence-corrected chi connectivity index (χ2v) is 8.56. The molecule has 2 heterocycles. The Hall–Kier alpha value is -2.54. The van der Waals surface area contributed by atoms with Gasteiger partial charge in [-0.25, -0.2) is 9.59 Å². The molecule has 2 amide bonds. The lowest BCUT2D eigenvalue weighted by atomic mass is 10.1. The first kappa shape index (κ1) is 26.7. The summed E-state index contributed by atoms with van der Waals surface area (Å²) in [5.41, 5.74) is 0.556. The summed E-state index contributed by atoms with van der Waals surface area (Å²) in [6, 6.07) is 0. The molecule has 184 valence electrons. The average molecular weight is 485 g/mol. The second kappa shape index (κ2) is 13.2. The van der Waals surface area contributed by atoms with Crippen molar-refractivity contribution in [1.82, 2.24) is 15.1 Å². The van der Waals surface area contributed by atoms with Crippen LogP contribution >= 0.6 is 11.3 Å². The average Bonchev–Trinajstić information content (AvgIpc) is 3.12. The van der Waals surface area contributed by atoms with Crippen LogP contribution in [0.1, 0.15) is 32.0 Å². The zero-order valence-corrected chi connectivity index (χ0v) is 20.3. The van der Waals surface area contributed by atoms with Gasteiger partial charge in [-0.05, 0) is 18.9 Å². The molecule has 1 aliphatic heterocycles. The van der Waals surface area contributed by atoms with Gasteiger partial charge in [-0.3, -0.25) is 19.4 Å². The van der Waals surface area contributed by atoms with Crippen LogP contribution in [-0.4, -0.2) is 107 Å². The molecule has 11 nitrogen and oxygen atoms in total. The van der Waals surface area contributed by atoms with Crippen LogP contribution in [0.15, 0.2) is 0 Å². The molecule has 1 saturated heterocycles. The highest BCUT2D eigenvalue weighted by Gasteiger charge is 2.27. The normalized spacial score (nSPS) is 14.5. The molecular weight excluding hydrogens is 452 g/mol. The van der Waals surface area contributed by atoms with Crippen LogP contribution in [0.4, 0.5) is 5.00 Å². The van der Waals surface area contributed by atoms with Crippen molar-refractivity contribution in [3.05, 3.63) is 16.0 Å². The Balaban J connectivity index is 1.87. The van der Waals surface area contributed by atoms with Crippen molar-refractivity contribution in [3.8, 4) is 0 Å². The number of ether oxygens (including phenoxy) is 3. The number of esters is 2. The van der Waals surface area contributed by atoms with E-state index in [9.17, 15) is 19.2 Å². The van der Waals surface area contributed by atoms with E-state index in [-0.39, 0.29) is 33.8 Å². The van der Waals surface area contributed by atoms with Gasteiger partial charge in [0, 0.05) is 46.4 Å². The lowest BCUT2D eigenvalue weighted by molar-refractivity contribution is -0.123. The van der Waals surface area contributed by atoms with Gasteiger partial charge in [0.15, 0.2) is 0 Å². The summed E-state index contributed by atoms with van der Waals surface area (Å²) < 4.78 is 14.5. The van der Waals surface area contributed by atoms with Gasteiger partial charge in [0.25, 0.3) is 0 Å². The summed E-state index contributed by atoms with van der Waals surface area (Å²) in [6.45, 7) is 5.83. The van der Waals surface area contributed by atoms with Gasteiger partial charge in [0.1, 0.15) is 9.88 Å². The van der Waals surface area contributed by atoms with Crippen molar-refractivity contribution in [2.24, 2.45) is 0 Å². The third kappa shape index (κ3) is 7.77. The maximum atomic E-state index is 12.6. The summed E-state index contributed by atoms with van der Waals surface area (Å²) in [4.78, 5) is 53.1. The number of carbonyl (C=O) groups is 4. The Morgan fingerprint density at radius 2 is 1.48 bits per heavy atom. The van der Waals surface area contributed by atoms with Gasteiger partial charge in [0.05, 0.1) is 32.9 Å². The highest BCUT2D eigenvalue weighted by atomic mass is 32.1. The molecule has 0 atom stereocenters. The Bertz CT molecular complexity index is 850. The maximum Gasteiger partial charge on any atom is 0.348 e. The molecule has 0 unspecified atom stereocenters. The number of nitrogens with one attached hydrogen (secondary N) is 2. The molecule has 2 N–H and O–H groups in total. The van der Waals surface area contributed by atoms with Gasteiger partial charge in [-0.1, -0.05) is 0 Å². The van der Waals surface area contributed by atoms with E-state index in [1.807, 2.05) is 9.80 Å². The molecule has 0 aliphatic carbocycles. The van der Waals surface area contributed by atoms with Crippen LogP contribution in [0.5, 0.6) is 0 Å². The Kier molecular flexibility index (Phi) is 10.7. The number of amides is 2. The van der Waals surface area contributed by atoms with Gasteiger partial charge in [-0.15, -0.1) is 11.3 Å². The fraction of sp³-hybridized carbons (Fsp3) is 0.619. The summed E-state index contributed by atoms with van der Waals surface area (Å²) in [7, 11) is 4.12. The quantitative estimate of drug-likeness (QED) is 0.338. The SMILES string of the molecule is COCCCNC(=O)CN1CCN(CC(=O)Nc2sc(C(=O)OC)c(C)c2C(=O)OC)CC1. The molecular formula is C21H32N4O7S. The van der Waals surface area contributed by atoms with E-state index in [2.05, 4.69) is 10.6 Å². The van der Waals surface area contributed by atoms with Crippen LogP contribution < -0.4 is 10.6 Å². The zero-order chi connectivity index (χ0) is 24.4. The molecule has 33 heavy (non-hydrogen) atoms. The minimum Gasteiger partial charge on any atom is -0.465 e. The third-order valence-electron chi connectivity index (χ3n) is 5.21. The molecule has 1 aromatic rings. The van der Waals surface area contributed by atoms with Crippen molar-refractivity contribution in [2.75, 3.05) is 79.1 Å². The predicted octanol–water partition coefficient (Wildman–Crippen LogP) is 0.339. The maximum absolute atomic E-state index is 12.6. The monoisotopic (exact) mass is 484 g/mol. The first-order valence-electron chi connectivity index (χ1n) is 10.6. The van der Waals surface area contributed by atoms with E-state index < -0.39 is 11.9 Å². The number of piperazine rings is 1. The Morgan fingerprint density at radius 1 is 0.909 bits per heavy atom. The smallest absolute Gasteiger partial charge is 0.348 e. The van der Waals surface area contributed by atoms with E-state index in [0.717, 1.165) is 17.8 Å². The van der Waals surface area contributed by atoms with Gasteiger partial charge in [0.2, 0.25) is 11.8 Å². The van der Waals surface area contributed by atoms with Crippen molar-refractivity contribution in [1.29, 1.82) is 0 Å². The summed E-state index contributed by atoms with van der Waals surface area (Å²) >= 11 is 0.983. The minimum absolute atomic E-state index is 0.0258. The second-order valence-electron chi connectivity index (χ2n) is 7.54. The van der Waals surface area contributed by atoms with Crippen molar-refractivity contribution in [3.63, 3.8) is 0 Å². The predicted molar refractivity (Wildman–Crippen MR) is 123 cm³/mol. The lowest BCUT2D eigenvalue weighted by Gasteiger charge is -2.33. The number of carbonyl (C=O) groups excluding carboxylic acids is 4. The molecule has 1 fully saturated rings. The summed E-state index contributed by atoms with van der Waals surface area (Å²) in [5, 5.41) is 5.85. The van der Waals surface area contributed by atoms with Gasteiger partial charge in [-0.2, -0.15) is 0 Å². The van der Waals surface area contributed by atoms with Gasteiger partial charge >= 0.3 is 11.9 Å². The zero-order valence-electron chi connectivity index (χ0n) is 19.5. The van der Waals surface area contributed by atoms with E-state index in [1.54, 1.807) is 14.0 Å². The minimum atomic E-state index is -0.636. The molecule has 2 rings (SSSR count). The molecule has 0 aromatic carbocycles. The van der Waals surface area contributed by atoms with E-state index in [1.165, 1.54) is 14.2 Å². The Morgan fingerprint density at radius 3 is 2.03 bits per heavy atom. The topological polar surface area (TPSA) is 127 Å². The number of thiophene rings is 1. The molecule has 0 bridgehead atoms. The number of nitrogens with zero attached hydrogens (tertiary/aromatic N) is 2. The van der Waals surface area contributed by atoms with Crippen LogP contribution in [0.3, 0.4) is 0 Å². The molecule has 1 aliphatic rings. The van der Waals surface area contributed by atoms with Crippen LogP contribution in [0, 0.1) is 6.92 Å². The van der Waals surface area contributed by atoms with Crippen molar-refractivity contribution >= 4 is 40.1 Å². The number of rotatable bonds is 11. The van der Waals surface area contributed by atoms with E-state index in [4.69, 9.17) is 14.2 Å². The van der Waals surface area contributed by atoms with E-state index in [0.29, 0.717) is 51.4 Å². The molecule has 1 aromatic heterocycles. The third-order valence-corrected chi connectivity index (χ3v) is 6.39. The largest absolute Gasteiger partial charge is 0.465 e. The fourth-order valence-electron chi connectivity index (χ4n) is 3.41. The Labute approximate surface area is 197 Å². The number of hydrogen-bond acceptors (Lipinski definition) is 10. The van der Waals surface area contributed by atoms with Crippen LogP contribution in [0.2, 0.25) is 0 Å². The highest BCUT2D eigenvalue weighted by Crippen LogP contribution is 2.34. The first-order chi connectivity index (χ1) is 15.8. The lowest BCUT2D eigenvalue weighted by Crippen LogP contribution is -2.51. The van der Waals surface area contributed by atoms with Crippen molar-refractivity contribution < 1.29 is 33.4 Å². The number of methoxy groups -OCH3 is 3. The summed E-state index contributed by atoms with van der Waals surface area (Å²) in [5.74, 6) is -1.55. The fourth-order valence-corrected chi connectivity index (χ4v) is 4.54. The standard InChI is InChI=1S/C21H32N4O7S/c1-14-17(20(28)31-3)19(33-18(14)21(29)32-4)23-16(27)13-25-9-7-24(8-10-25)12-15(26)22-6-5-11-30-2/h5-13H2,1-4H3,(H,22,26)(H,23,27). The highest BCUT2D eigenvalue weighted by molar-refractivity contribution is 7.18.